The molecule has 113 valence electrons. The lowest BCUT2D eigenvalue weighted by atomic mass is 9.95. The van der Waals surface area contributed by atoms with Crippen molar-refractivity contribution in [2.45, 2.75) is 69.2 Å². The third kappa shape index (κ3) is 4.14. The first kappa shape index (κ1) is 15.7. The lowest BCUT2D eigenvalue weighted by molar-refractivity contribution is 0.247. The summed E-state index contributed by atoms with van der Waals surface area (Å²) >= 11 is 1.94. The van der Waals surface area contributed by atoms with Gasteiger partial charge in [-0.05, 0) is 19.3 Å². The Morgan fingerprint density at radius 2 is 2.10 bits per heavy atom. The van der Waals surface area contributed by atoms with Crippen molar-refractivity contribution in [1.82, 2.24) is 10.6 Å². The fourth-order valence-corrected chi connectivity index (χ4v) is 4.65. The first-order valence-corrected chi connectivity index (χ1v) is 8.85. The van der Waals surface area contributed by atoms with Crippen LogP contribution in [0.2, 0.25) is 0 Å². The number of carbonyl (C=O) groups excluding carboxylic acids is 2. The van der Waals surface area contributed by atoms with Crippen molar-refractivity contribution in [2.24, 2.45) is 5.92 Å². The molecule has 2 aliphatic rings. The van der Waals surface area contributed by atoms with Crippen LogP contribution in [-0.2, 0) is 4.79 Å². The fraction of sp³-hybridized carbons (Fsp3) is 0.867. The Labute approximate surface area is 125 Å². The summed E-state index contributed by atoms with van der Waals surface area (Å²) in [4.78, 5) is 22.2. The Balaban J connectivity index is 1.65. The largest absolute Gasteiger partial charge is 0.332 e. The zero-order chi connectivity index (χ0) is 14.4. The van der Waals surface area contributed by atoms with Gasteiger partial charge in [0.2, 0.25) is 6.29 Å². The van der Waals surface area contributed by atoms with Gasteiger partial charge in [0, 0.05) is 16.9 Å². The molecule has 1 radical (unpaired) electrons. The third-order valence-corrected chi connectivity index (χ3v) is 5.81. The molecule has 2 aliphatic heterocycles. The van der Waals surface area contributed by atoms with Gasteiger partial charge in [0.15, 0.2) is 0 Å². The summed E-state index contributed by atoms with van der Waals surface area (Å²) in [5, 5.41) is 6.47. The van der Waals surface area contributed by atoms with Gasteiger partial charge in [0.05, 0.1) is 12.1 Å². The van der Waals surface area contributed by atoms with Gasteiger partial charge in [-0.25, -0.2) is 4.79 Å². The Morgan fingerprint density at radius 1 is 1.30 bits per heavy atom. The third-order valence-electron chi connectivity index (χ3n) is 4.30. The van der Waals surface area contributed by atoms with Crippen LogP contribution in [0.15, 0.2) is 0 Å². The van der Waals surface area contributed by atoms with E-state index in [-0.39, 0.29) is 18.0 Å². The fourth-order valence-electron chi connectivity index (χ4n) is 3.11. The predicted molar refractivity (Wildman–Crippen MR) is 82.7 cm³/mol. The number of carbonyl (C=O) groups is 1. The Hall–Kier alpha value is -0.710. The first-order chi connectivity index (χ1) is 9.74. The standard InChI is InChI=1S/C15H25N2O2S/c1-2-3-4-6-11(9-18)7-5-8-13-14-12(10-20-13)16-15(19)17-14/h11-14H,2-8,10H2,1H3,(H2,16,17,19)/t11?,12-,13-,14-/m0/s1. The summed E-state index contributed by atoms with van der Waals surface area (Å²) in [5.74, 6) is 1.12. The quantitative estimate of drug-likeness (QED) is 0.508. The average Bonchev–Trinajstić information content (AvgIpc) is 2.97. The molecule has 2 heterocycles. The molecule has 20 heavy (non-hydrogen) atoms. The number of hydrogen-bond donors (Lipinski definition) is 2. The maximum Gasteiger partial charge on any atom is 0.315 e. The molecule has 4 atom stereocenters. The minimum atomic E-state index is -0.0241. The Kier molecular flexibility index (Phi) is 6.20. The summed E-state index contributed by atoms with van der Waals surface area (Å²) in [6.45, 7) is 2.18. The molecule has 0 bridgehead atoms. The van der Waals surface area contributed by atoms with Crippen LogP contribution in [0, 0.1) is 5.92 Å². The van der Waals surface area contributed by atoms with Crippen molar-refractivity contribution >= 4 is 24.1 Å². The molecule has 0 spiro atoms. The van der Waals surface area contributed by atoms with E-state index in [1.165, 1.54) is 12.8 Å². The molecule has 2 saturated heterocycles. The lowest BCUT2D eigenvalue weighted by Crippen LogP contribution is -2.36. The van der Waals surface area contributed by atoms with E-state index in [1.54, 1.807) is 0 Å². The van der Waals surface area contributed by atoms with Crippen LogP contribution in [0.1, 0.15) is 51.9 Å². The predicted octanol–water partition coefficient (Wildman–Crippen LogP) is 2.63. The second kappa shape index (κ2) is 7.91. The molecule has 0 aliphatic carbocycles. The summed E-state index contributed by atoms with van der Waals surface area (Å²) in [5.41, 5.74) is 0. The minimum Gasteiger partial charge on any atom is -0.332 e. The van der Waals surface area contributed by atoms with E-state index in [0.717, 1.165) is 37.9 Å². The smallest absolute Gasteiger partial charge is 0.315 e. The highest BCUT2D eigenvalue weighted by Gasteiger charge is 2.42. The highest BCUT2D eigenvalue weighted by Crippen LogP contribution is 2.33. The van der Waals surface area contributed by atoms with Crippen LogP contribution in [0.25, 0.3) is 0 Å². The molecule has 0 aromatic rings. The van der Waals surface area contributed by atoms with E-state index in [4.69, 9.17) is 0 Å². The Morgan fingerprint density at radius 3 is 2.85 bits per heavy atom. The Bertz CT molecular complexity index is 338. The molecule has 0 saturated carbocycles. The monoisotopic (exact) mass is 297 g/mol. The molecule has 5 heteroatoms. The molecule has 2 amide bonds. The van der Waals surface area contributed by atoms with E-state index in [0.29, 0.717) is 11.3 Å². The van der Waals surface area contributed by atoms with Crippen molar-refractivity contribution in [2.75, 3.05) is 5.75 Å². The van der Waals surface area contributed by atoms with Crippen LogP contribution >= 0.6 is 11.8 Å². The second-order valence-electron chi connectivity index (χ2n) is 5.86. The number of nitrogens with one attached hydrogen (secondary N) is 2. The van der Waals surface area contributed by atoms with E-state index < -0.39 is 0 Å². The second-order valence-corrected chi connectivity index (χ2v) is 7.14. The van der Waals surface area contributed by atoms with Crippen LogP contribution in [0.5, 0.6) is 0 Å². The van der Waals surface area contributed by atoms with Crippen molar-refractivity contribution in [3.63, 3.8) is 0 Å². The molecule has 0 aromatic heterocycles. The number of hydrogen-bond acceptors (Lipinski definition) is 3. The normalized spacial score (nSPS) is 29.6. The summed E-state index contributed by atoms with van der Waals surface area (Å²) in [6, 6.07) is 0.561. The van der Waals surface area contributed by atoms with Gasteiger partial charge in [-0.1, -0.05) is 32.6 Å². The molecule has 2 rings (SSSR count). The zero-order valence-electron chi connectivity index (χ0n) is 12.2. The van der Waals surface area contributed by atoms with Gasteiger partial charge in [0.25, 0.3) is 0 Å². The summed E-state index contributed by atoms with van der Waals surface area (Å²) in [6.07, 6.45) is 9.81. The van der Waals surface area contributed by atoms with Gasteiger partial charge in [-0.3, -0.25) is 4.79 Å². The molecule has 1 unspecified atom stereocenters. The van der Waals surface area contributed by atoms with Crippen molar-refractivity contribution in [1.29, 1.82) is 0 Å². The molecule has 2 N–H and O–H groups in total. The van der Waals surface area contributed by atoms with E-state index in [1.807, 2.05) is 11.8 Å². The van der Waals surface area contributed by atoms with Crippen LogP contribution in [-0.4, -0.2) is 35.4 Å². The maximum atomic E-state index is 11.3. The van der Waals surface area contributed by atoms with Crippen LogP contribution < -0.4 is 10.6 Å². The highest BCUT2D eigenvalue weighted by molar-refractivity contribution is 8.00. The summed E-state index contributed by atoms with van der Waals surface area (Å²) < 4.78 is 0. The number of unbranched alkanes of at least 4 members (excludes halogenated alkanes) is 2. The zero-order valence-corrected chi connectivity index (χ0v) is 13.0. The summed E-state index contributed by atoms with van der Waals surface area (Å²) in [7, 11) is 0. The van der Waals surface area contributed by atoms with Gasteiger partial charge in [0.1, 0.15) is 0 Å². The van der Waals surface area contributed by atoms with Crippen LogP contribution in [0.4, 0.5) is 4.79 Å². The maximum absolute atomic E-state index is 11.3. The number of urea groups is 1. The number of amides is 2. The SMILES string of the molecule is CCCCCC([C]=O)CCC[C@@H]1SC[C@@H]2NC(=O)N[C@@H]21. The molecule has 4 nitrogen and oxygen atoms in total. The average molecular weight is 297 g/mol. The molecule has 0 aromatic carbocycles. The van der Waals surface area contributed by atoms with E-state index in [2.05, 4.69) is 23.8 Å². The topological polar surface area (TPSA) is 58.2 Å². The van der Waals surface area contributed by atoms with Crippen LogP contribution in [0.3, 0.4) is 0 Å². The van der Waals surface area contributed by atoms with Gasteiger partial charge in [-0.2, -0.15) is 11.8 Å². The van der Waals surface area contributed by atoms with Crippen molar-refractivity contribution in [3.8, 4) is 0 Å². The van der Waals surface area contributed by atoms with E-state index >= 15 is 0 Å². The molecular formula is C15H25N2O2S. The van der Waals surface area contributed by atoms with Gasteiger partial charge < -0.3 is 10.6 Å². The van der Waals surface area contributed by atoms with Crippen molar-refractivity contribution < 1.29 is 9.59 Å². The van der Waals surface area contributed by atoms with Gasteiger partial charge in [-0.15, -0.1) is 0 Å². The number of rotatable bonds is 9. The lowest BCUT2D eigenvalue weighted by Gasteiger charge is -2.17. The number of thioether (sulfide) groups is 1. The number of fused-ring (bicyclic) bond motifs is 1. The first-order valence-electron chi connectivity index (χ1n) is 7.81. The molecule has 2 fully saturated rings. The highest BCUT2D eigenvalue weighted by atomic mass is 32.2. The van der Waals surface area contributed by atoms with E-state index in [9.17, 15) is 9.59 Å². The van der Waals surface area contributed by atoms with Gasteiger partial charge >= 0.3 is 6.03 Å². The minimum absolute atomic E-state index is 0.0241. The van der Waals surface area contributed by atoms with Crippen molar-refractivity contribution in [3.05, 3.63) is 0 Å². The molecular weight excluding hydrogens is 272 g/mol.